The minimum atomic E-state index is -1.09. The molecule has 2 aromatic rings. The van der Waals surface area contributed by atoms with Crippen molar-refractivity contribution in [1.29, 1.82) is 5.26 Å². The summed E-state index contributed by atoms with van der Waals surface area (Å²) in [5.41, 5.74) is 1.52. The topological polar surface area (TPSA) is 70.3 Å². The third kappa shape index (κ3) is 3.37. The Balaban J connectivity index is 2.25. The lowest BCUT2D eigenvalue weighted by molar-refractivity contribution is 0.0691. The molecule has 0 bridgehead atoms. The number of hydrogen-bond acceptors (Lipinski definition) is 3. The van der Waals surface area contributed by atoms with Crippen LogP contribution in [-0.4, -0.2) is 11.1 Å². The fourth-order valence-corrected chi connectivity index (χ4v) is 1.87. The van der Waals surface area contributed by atoms with Crippen molar-refractivity contribution < 1.29 is 19.0 Å². The number of hydrogen-bond donors (Lipinski definition) is 1. The molecule has 21 heavy (non-hydrogen) atoms. The van der Waals surface area contributed by atoms with Crippen molar-refractivity contribution >= 4 is 5.97 Å². The molecule has 5 heteroatoms. The Morgan fingerprint density at radius 1 is 1.33 bits per heavy atom. The lowest BCUT2D eigenvalue weighted by Gasteiger charge is -2.11. The molecular weight excluding hydrogens is 273 g/mol. The van der Waals surface area contributed by atoms with Crippen molar-refractivity contribution in [2.24, 2.45) is 0 Å². The van der Waals surface area contributed by atoms with Crippen molar-refractivity contribution in [2.75, 3.05) is 0 Å². The second kappa shape index (κ2) is 6.06. The van der Waals surface area contributed by atoms with E-state index in [0.717, 1.165) is 11.6 Å². The number of aryl methyl sites for hydroxylation is 1. The minimum Gasteiger partial charge on any atom is -0.488 e. The van der Waals surface area contributed by atoms with Crippen LogP contribution in [0.15, 0.2) is 36.4 Å². The predicted molar refractivity (Wildman–Crippen MR) is 73.6 cm³/mol. The average molecular weight is 285 g/mol. The van der Waals surface area contributed by atoms with Gasteiger partial charge in [-0.15, -0.1) is 0 Å². The quantitative estimate of drug-likeness (QED) is 0.935. The summed E-state index contributed by atoms with van der Waals surface area (Å²) in [4.78, 5) is 11.2. The third-order valence-corrected chi connectivity index (χ3v) is 2.94. The van der Waals surface area contributed by atoms with Crippen LogP contribution >= 0.6 is 0 Å². The van der Waals surface area contributed by atoms with E-state index in [1.54, 1.807) is 19.1 Å². The monoisotopic (exact) mass is 285 g/mol. The van der Waals surface area contributed by atoms with E-state index >= 15 is 0 Å². The van der Waals surface area contributed by atoms with Crippen LogP contribution in [0.3, 0.4) is 0 Å². The molecule has 4 nitrogen and oxygen atoms in total. The van der Waals surface area contributed by atoms with Crippen molar-refractivity contribution in [2.45, 2.75) is 13.5 Å². The summed E-state index contributed by atoms with van der Waals surface area (Å²) in [5, 5.41) is 18.1. The smallest absolute Gasteiger partial charge is 0.339 e. The van der Waals surface area contributed by atoms with Crippen molar-refractivity contribution in [3.63, 3.8) is 0 Å². The van der Waals surface area contributed by atoms with Crippen LogP contribution in [0.4, 0.5) is 4.39 Å². The largest absolute Gasteiger partial charge is 0.488 e. The van der Waals surface area contributed by atoms with Gasteiger partial charge in [-0.3, -0.25) is 0 Å². The first kappa shape index (κ1) is 14.5. The molecule has 0 aliphatic rings. The van der Waals surface area contributed by atoms with Gasteiger partial charge in [0.25, 0.3) is 0 Å². The first-order chi connectivity index (χ1) is 10.0. The summed E-state index contributed by atoms with van der Waals surface area (Å²) in [7, 11) is 0. The number of halogens is 1. The Kier molecular flexibility index (Phi) is 4.19. The van der Waals surface area contributed by atoms with Crippen LogP contribution in [0.25, 0.3) is 0 Å². The average Bonchev–Trinajstić information content (AvgIpc) is 2.46. The molecule has 0 heterocycles. The summed E-state index contributed by atoms with van der Waals surface area (Å²) in [6, 6.07) is 10.5. The number of carboxylic acids is 1. The highest BCUT2D eigenvalue weighted by molar-refractivity contribution is 5.91. The van der Waals surface area contributed by atoms with Crippen molar-refractivity contribution in [1.82, 2.24) is 0 Å². The van der Waals surface area contributed by atoms with Crippen LogP contribution in [-0.2, 0) is 6.61 Å². The second-order valence-corrected chi connectivity index (χ2v) is 4.51. The van der Waals surface area contributed by atoms with Crippen LogP contribution < -0.4 is 4.74 Å². The number of carbonyl (C=O) groups is 1. The van der Waals surface area contributed by atoms with Gasteiger partial charge in [0.2, 0.25) is 0 Å². The molecule has 2 rings (SSSR count). The number of nitrogens with zero attached hydrogens (tertiary/aromatic N) is 1. The van der Waals surface area contributed by atoms with Crippen LogP contribution in [0.1, 0.15) is 27.0 Å². The zero-order valence-electron chi connectivity index (χ0n) is 11.3. The summed E-state index contributed by atoms with van der Waals surface area (Å²) in [5.74, 6) is -1.38. The van der Waals surface area contributed by atoms with Crippen molar-refractivity contribution in [3.8, 4) is 11.8 Å². The molecule has 106 valence electrons. The van der Waals surface area contributed by atoms with Gasteiger partial charge in [0, 0.05) is 5.56 Å². The van der Waals surface area contributed by atoms with Gasteiger partial charge in [0.15, 0.2) is 0 Å². The van der Waals surface area contributed by atoms with E-state index in [-0.39, 0.29) is 23.5 Å². The number of rotatable bonds is 4. The lowest BCUT2D eigenvalue weighted by atomic mass is 10.1. The molecule has 0 fully saturated rings. The maximum Gasteiger partial charge on any atom is 0.339 e. The normalized spacial score (nSPS) is 9.95. The third-order valence-electron chi connectivity index (χ3n) is 2.94. The Hall–Kier alpha value is -2.87. The molecule has 0 aliphatic carbocycles. The van der Waals surface area contributed by atoms with Gasteiger partial charge < -0.3 is 9.84 Å². The van der Waals surface area contributed by atoms with Gasteiger partial charge in [0.05, 0.1) is 11.6 Å². The standard InChI is InChI=1S/C16H12FNO3/c1-10-2-5-15(14(6-10)16(19)20)21-9-11-3-4-13(17)7-12(11)8-18/h2-7H,9H2,1H3,(H,19,20). The molecule has 0 saturated carbocycles. The number of ether oxygens (including phenoxy) is 1. The predicted octanol–water partition coefficient (Wildman–Crippen LogP) is 3.28. The number of carboxylic acid groups (broad SMARTS) is 1. The highest BCUT2D eigenvalue weighted by Crippen LogP contribution is 2.22. The first-order valence-electron chi connectivity index (χ1n) is 6.16. The molecule has 0 amide bonds. The van der Waals surface area contributed by atoms with Gasteiger partial charge in [-0.2, -0.15) is 5.26 Å². The minimum absolute atomic E-state index is 0.00743. The maximum absolute atomic E-state index is 13.0. The van der Waals surface area contributed by atoms with Crippen LogP contribution in [0.5, 0.6) is 5.75 Å². The lowest BCUT2D eigenvalue weighted by Crippen LogP contribution is -2.05. The van der Waals surface area contributed by atoms with E-state index in [1.165, 1.54) is 18.2 Å². The van der Waals surface area contributed by atoms with E-state index in [1.807, 2.05) is 6.07 Å². The van der Waals surface area contributed by atoms with Crippen molar-refractivity contribution in [3.05, 3.63) is 64.5 Å². The van der Waals surface area contributed by atoms with E-state index in [0.29, 0.717) is 5.56 Å². The van der Waals surface area contributed by atoms with Gasteiger partial charge in [-0.1, -0.05) is 17.7 Å². The number of nitriles is 1. The zero-order valence-corrected chi connectivity index (χ0v) is 11.3. The molecule has 0 unspecified atom stereocenters. The number of benzene rings is 2. The number of aromatic carboxylic acids is 1. The Labute approximate surface area is 121 Å². The van der Waals surface area contributed by atoms with Gasteiger partial charge >= 0.3 is 5.97 Å². The highest BCUT2D eigenvalue weighted by Gasteiger charge is 2.12. The fraction of sp³-hybridized carbons (Fsp3) is 0.125. The van der Waals surface area contributed by atoms with E-state index in [4.69, 9.17) is 15.1 Å². The molecule has 0 atom stereocenters. The molecule has 0 aromatic heterocycles. The van der Waals surface area contributed by atoms with Gasteiger partial charge in [0.1, 0.15) is 23.7 Å². The molecule has 1 N–H and O–H groups in total. The molecule has 0 saturated heterocycles. The van der Waals surface area contributed by atoms with Crippen LogP contribution in [0, 0.1) is 24.1 Å². The molecule has 0 spiro atoms. The Morgan fingerprint density at radius 3 is 2.76 bits per heavy atom. The Bertz CT molecular complexity index is 735. The molecule has 2 aromatic carbocycles. The SMILES string of the molecule is Cc1ccc(OCc2ccc(F)cc2C#N)c(C(=O)O)c1. The molecular formula is C16H12FNO3. The maximum atomic E-state index is 13.0. The van der Waals surface area contributed by atoms with E-state index < -0.39 is 11.8 Å². The first-order valence-corrected chi connectivity index (χ1v) is 6.16. The summed E-state index contributed by atoms with van der Waals surface area (Å²) in [6.07, 6.45) is 0. The summed E-state index contributed by atoms with van der Waals surface area (Å²) >= 11 is 0. The van der Waals surface area contributed by atoms with Crippen LogP contribution in [0.2, 0.25) is 0 Å². The molecule has 0 aliphatic heterocycles. The van der Waals surface area contributed by atoms with Gasteiger partial charge in [-0.25, -0.2) is 9.18 Å². The second-order valence-electron chi connectivity index (χ2n) is 4.51. The molecule has 0 radical (unpaired) electrons. The summed E-state index contributed by atoms with van der Waals surface area (Å²) in [6.45, 7) is 1.77. The van der Waals surface area contributed by atoms with Gasteiger partial charge in [-0.05, 0) is 31.2 Å². The summed E-state index contributed by atoms with van der Waals surface area (Å²) < 4.78 is 18.5. The fourth-order valence-electron chi connectivity index (χ4n) is 1.87. The zero-order chi connectivity index (χ0) is 15.4. The van der Waals surface area contributed by atoms with E-state index in [9.17, 15) is 9.18 Å². The Morgan fingerprint density at radius 2 is 2.10 bits per heavy atom. The van der Waals surface area contributed by atoms with E-state index in [2.05, 4.69) is 0 Å². The highest BCUT2D eigenvalue weighted by atomic mass is 19.1.